The maximum absolute atomic E-state index is 12.3. The lowest BCUT2D eigenvalue weighted by Gasteiger charge is -2.12. The Morgan fingerprint density at radius 1 is 1.39 bits per heavy atom. The van der Waals surface area contributed by atoms with E-state index in [0.29, 0.717) is 12.1 Å². The highest BCUT2D eigenvalue weighted by atomic mass is 32.1. The lowest BCUT2D eigenvalue weighted by atomic mass is 10.2. The highest BCUT2D eigenvalue weighted by molar-refractivity contribution is 7.13. The van der Waals surface area contributed by atoms with Crippen molar-refractivity contribution in [2.45, 2.75) is 46.2 Å². The van der Waals surface area contributed by atoms with Gasteiger partial charge in [-0.2, -0.15) is 5.10 Å². The van der Waals surface area contributed by atoms with Gasteiger partial charge in [-0.3, -0.25) is 9.48 Å². The fraction of sp³-hybridized carbons (Fsp3) is 0.562. The minimum absolute atomic E-state index is 0.0828. The Kier molecular flexibility index (Phi) is 4.95. The van der Waals surface area contributed by atoms with Gasteiger partial charge in [0.05, 0.1) is 24.0 Å². The molecule has 1 aliphatic heterocycles. The van der Waals surface area contributed by atoms with E-state index in [9.17, 15) is 4.79 Å². The van der Waals surface area contributed by atoms with E-state index in [1.54, 1.807) is 17.5 Å². The van der Waals surface area contributed by atoms with Gasteiger partial charge >= 0.3 is 0 Å². The summed E-state index contributed by atoms with van der Waals surface area (Å²) in [4.78, 5) is 19.3. The van der Waals surface area contributed by atoms with Crippen LogP contribution in [-0.4, -0.2) is 33.8 Å². The van der Waals surface area contributed by atoms with E-state index in [-0.39, 0.29) is 5.91 Å². The monoisotopic (exact) mass is 333 g/mol. The fourth-order valence-corrected chi connectivity index (χ4v) is 3.68. The molecule has 2 aromatic rings. The van der Waals surface area contributed by atoms with Crippen LogP contribution in [0.3, 0.4) is 0 Å². The molecule has 23 heavy (non-hydrogen) atoms. The van der Waals surface area contributed by atoms with Crippen molar-refractivity contribution in [3.05, 3.63) is 28.5 Å². The quantitative estimate of drug-likeness (QED) is 0.882. The Morgan fingerprint density at radius 2 is 2.17 bits per heavy atom. The van der Waals surface area contributed by atoms with Crippen LogP contribution in [0, 0.1) is 6.92 Å². The lowest BCUT2D eigenvalue weighted by Crippen LogP contribution is -2.24. The molecule has 0 atom stereocenters. The summed E-state index contributed by atoms with van der Waals surface area (Å²) in [7, 11) is 0. The molecule has 0 bridgehead atoms. The van der Waals surface area contributed by atoms with Crippen LogP contribution in [0.15, 0.2) is 11.6 Å². The van der Waals surface area contributed by atoms with Gasteiger partial charge in [0.15, 0.2) is 5.13 Å². The number of carbonyl (C=O) groups is 1. The van der Waals surface area contributed by atoms with Gasteiger partial charge in [0.25, 0.3) is 5.91 Å². The number of carbonyl (C=O) groups excluding carboxylic acids is 1. The minimum Gasteiger partial charge on any atom is -0.348 e. The van der Waals surface area contributed by atoms with Crippen LogP contribution < -0.4 is 10.2 Å². The molecule has 0 saturated carbocycles. The van der Waals surface area contributed by atoms with Crippen molar-refractivity contribution in [2.24, 2.45) is 0 Å². The summed E-state index contributed by atoms with van der Waals surface area (Å²) >= 11 is 1.66. The highest BCUT2D eigenvalue weighted by Gasteiger charge is 2.17. The van der Waals surface area contributed by atoms with Crippen LogP contribution >= 0.6 is 11.3 Å². The summed E-state index contributed by atoms with van der Waals surface area (Å²) in [5, 5.41) is 10.3. The predicted molar refractivity (Wildman–Crippen MR) is 92.0 cm³/mol. The van der Waals surface area contributed by atoms with Crippen molar-refractivity contribution < 1.29 is 4.79 Å². The Labute approximate surface area is 140 Å². The summed E-state index contributed by atoms with van der Waals surface area (Å²) in [5.74, 6) is -0.0828. The van der Waals surface area contributed by atoms with Crippen molar-refractivity contribution in [2.75, 3.05) is 18.0 Å². The number of nitrogens with zero attached hydrogens (tertiary/aromatic N) is 4. The lowest BCUT2D eigenvalue weighted by molar-refractivity contribution is 0.0949. The average molecular weight is 333 g/mol. The van der Waals surface area contributed by atoms with Gasteiger partial charge in [-0.15, -0.1) is 11.3 Å². The topological polar surface area (TPSA) is 63.1 Å². The van der Waals surface area contributed by atoms with Gasteiger partial charge in [0.2, 0.25) is 0 Å². The van der Waals surface area contributed by atoms with Crippen LogP contribution in [0.4, 0.5) is 5.13 Å². The second-order valence-electron chi connectivity index (χ2n) is 5.87. The Hall–Kier alpha value is -1.89. The third kappa shape index (κ3) is 3.55. The maximum atomic E-state index is 12.3. The zero-order valence-electron chi connectivity index (χ0n) is 13.7. The van der Waals surface area contributed by atoms with E-state index in [2.05, 4.69) is 27.2 Å². The van der Waals surface area contributed by atoms with E-state index in [4.69, 9.17) is 0 Å². The van der Waals surface area contributed by atoms with E-state index in [1.807, 2.05) is 17.0 Å². The van der Waals surface area contributed by atoms with Crippen molar-refractivity contribution in [1.82, 2.24) is 20.1 Å². The van der Waals surface area contributed by atoms with Crippen molar-refractivity contribution >= 4 is 22.4 Å². The molecule has 2 aromatic heterocycles. The molecule has 0 aromatic carbocycles. The van der Waals surface area contributed by atoms with Gasteiger partial charge in [0, 0.05) is 30.7 Å². The molecule has 0 unspecified atom stereocenters. The maximum Gasteiger partial charge on any atom is 0.255 e. The largest absolute Gasteiger partial charge is 0.348 e. The number of nitrogens with one attached hydrogen (secondary N) is 1. The van der Waals surface area contributed by atoms with Crippen LogP contribution in [-0.2, 0) is 13.1 Å². The summed E-state index contributed by atoms with van der Waals surface area (Å²) in [6, 6.07) is 0. The Morgan fingerprint density at radius 3 is 2.91 bits per heavy atom. The molecule has 3 rings (SSSR count). The standard InChI is InChI=1S/C16H23N5OS/c1-3-6-21-12(2)14(10-18-21)15(22)17-9-13-11-23-16(19-13)20-7-4-5-8-20/h10-11H,3-9H2,1-2H3,(H,17,22). The van der Waals surface area contributed by atoms with Crippen LogP contribution in [0.2, 0.25) is 0 Å². The molecule has 124 valence electrons. The van der Waals surface area contributed by atoms with Gasteiger partial charge < -0.3 is 10.2 Å². The summed E-state index contributed by atoms with van der Waals surface area (Å²) in [6.07, 6.45) is 5.14. The molecule has 7 heteroatoms. The zero-order valence-corrected chi connectivity index (χ0v) is 14.5. The fourth-order valence-electron chi connectivity index (χ4n) is 2.80. The SMILES string of the molecule is CCCn1ncc(C(=O)NCc2csc(N3CCCC3)n2)c1C. The van der Waals surface area contributed by atoms with E-state index >= 15 is 0 Å². The highest BCUT2D eigenvalue weighted by Crippen LogP contribution is 2.24. The number of anilines is 1. The van der Waals surface area contributed by atoms with E-state index in [0.717, 1.165) is 42.6 Å². The molecule has 1 N–H and O–H groups in total. The molecule has 0 spiro atoms. The number of thiazole rings is 1. The van der Waals surface area contributed by atoms with Crippen molar-refractivity contribution in [3.8, 4) is 0 Å². The first kappa shape index (κ1) is 16.0. The van der Waals surface area contributed by atoms with E-state index in [1.165, 1.54) is 12.8 Å². The average Bonchev–Trinajstić information content (AvgIpc) is 3.26. The molecule has 3 heterocycles. The number of amides is 1. The minimum atomic E-state index is -0.0828. The van der Waals surface area contributed by atoms with Crippen molar-refractivity contribution in [3.63, 3.8) is 0 Å². The molecular formula is C16H23N5OS. The smallest absolute Gasteiger partial charge is 0.255 e. The second kappa shape index (κ2) is 7.12. The van der Waals surface area contributed by atoms with Crippen molar-refractivity contribution in [1.29, 1.82) is 0 Å². The second-order valence-corrected chi connectivity index (χ2v) is 6.70. The molecular weight excluding hydrogens is 310 g/mol. The molecule has 1 fully saturated rings. The number of hydrogen-bond acceptors (Lipinski definition) is 5. The molecule has 1 saturated heterocycles. The Bertz CT molecular complexity index is 672. The first-order valence-electron chi connectivity index (χ1n) is 8.19. The van der Waals surface area contributed by atoms with Gasteiger partial charge in [-0.1, -0.05) is 6.92 Å². The van der Waals surface area contributed by atoms with Crippen LogP contribution in [0.1, 0.15) is 47.9 Å². The molecule has 6 nitrogen and oxygen atoms in total. The van der Waals surface area contributed by atoms with Gasteiger partial charge in [-0.25, -0.2) is 4.98 Å². The number of aromatic nitrogens is 3. The normalized spacial score (nSPS) is 14.4. The predicted octanol–water partition coefficient (Wildman–Crippen LogP) is 2.59. The van der Waals surface area contributed by atoms with E-state index < -0.39 is 0 Å². The first-order chi connectivity index (χ1) is 11.2. The molecule has 0 radical (unpaired) electrons. The summed E-state index contributed by atoms with van der Waals surface area (Å²) in [5.41, 5.74) is 2.48. The van der Waals surface area contributed by atoms with Crippen LogP contribution in [0.25, 0.3) is 0 Å². The van der Waals surface area contributed by atoms with Crippen LogP contribution in [0.5, 0.6) is 0 Å². The van der Waals surface area contributed by atoms with Gasteiger partial charge in [-0.05, 0) is 26.2 Å². The molecule has 1 amide bonds. The zero-order chi connectivity index (χ0) is 16.2. The van der Waals surface area contributed by atoms with Gasteiger partial charge in [0.1, 0.15) is 0 Å². The third-order valence-electron chi connectivity index (χ3n) is 4.13. The Balaban J connectivity index is 1.58. The first-order valence-corrected chi connectivity index (χ1v) is 9.07. The molecule has 1 aliphatic rings. The third-order valence-corrected chi connectivity index (χ3v) is 5.08. The molecule has 0 aliphatic carbocycles. The number of hydrogen-bond donors (Lipinski definition) is 1. The number of aryl methyl sites for hydroxylation is 1. The summed E-state index contributed by atoms with van der Waals surface area (Å²) in [6.45, 7) is 7.52. The summed E-state index contributed by atoms with van der Waals surface area (Å²) < 4.78 is 1.88. The number of rotatable bonds is 6.